The summed E-state index contributed by atoms with van der Waals surface area (Å²) in [6.45, 7) is 2.49. The van der Waals surface area contributed by atoms with Crippen LogP contribution in [0.1, 0.15) is 35.7 Å². The Kier molecular flexibility index (Phi) is 5.65. The molecule has 2 heterocycles. The summed E-state index contributed by atoms with van der Waals surface area (Å²) in [5.41, 5.74) is 4.92. The molecule has 33 heavy (non-hydrogen) atoms. The smallest absolute Gasteiger partial charge is 0.338 e. The van der Waals surface area contributed by atoms with Crippen LogP contribution in [0.25, 0.3) is 22.4 Å². The topological polar surface area (TPSA) is 75.3 Å². The third-order valence-electron chi connectivity index (χ3n) is 6.04. The molecule has 3 aromatic carbocycles. The highest BCUT2D eigenvalue weighted by atomic mass is 16.5. The lowest BCUT2D eigenvalue weighted by Gasteiger charge is -2.31. The van der Waals surface area contributed by atoms with Crippen LogP contribution in [0.2, 0.25) is 0 Å². The van der Waals surface area contributed by atoms with Crippen molar-refractivity contribution in [1.29, 1.82) is 0 Å². The molecule has 4 aromatic rings. The number of imidazole rings is 1. The number of carbonyl (C=O) groups is 2. The average molecular weight is 440 g/mol. The maximum Gasteiger partial charge on any atom is 0.338 e. The normalized spacial score (nSPS) is 14.0. The van der Waals surface area contributed by atoms with E-state index in [-0.39, 0.29) is 5.91 Å². The lowest BCUT2D eigenvalue weighted by atomic mass is 10.0. The zero-order valence-corrected chi connectivity index (χ0v) is 18.5. The number of benzene rings is 3. The van der Waals surface area contributed by atoms with Crippen molar-refractivity contribution in [3.05, 3.63) is 83.9 Å². The first-order chi connectivity index (χ1) is 16.1. The summed E-state index contributed by atoms with van der Waals surface area (Å²) in [5.74, 6) is 0.0479. The number of nitrogens with zero attached hydrogens (tertiary/aromatic N) is 2. The first-order valence-electron chi connectivity index (χ1n) is 11.3. The van der Waals surface area contributed by atoms with E-state index in [0.29, 0.717) is 18.5 Å². The van der Waals surface area contributed by atoms with Crippen molar-refractivity contribution in [3.8, 4) is 11.4 Å². The van der Waals surface area contributed by atoms with Crippen LogP contribution < -0.4 is 4.90 Å². The van der Waals surface area contributed by atoms with Crippen molar-refractivity contribution in [2.75, 3.05) is 11.4 Å². The minimum atomic E-state index is -0.832. The van der Waals surface area contributed by atoms with E-state index in [1.54, 1.807) is 23.1 Å². The molecule has 0 spiro atoms. The van der Waals surface area contributed by atoms with Crippen LogP contribution in [-0.2, 0) is 16.0 Å². The number of rotatable bonds is 5. The van der Waals surface area contributed by atoms with Crippen LogP contribution >= 0.6 is 0 Å². The van der Waals surface area contributed by atoms with Crippen LogP contribution in [0.15, 0.2) is 72.8 Å². The van der Waals surface area contributed by atoms with Gasteiger partial charge in [-0.05, 0) is 49.1 Å². The van der Waals surface area contributed by atoms with E-state index in [0.717, 1.165) is 46.5 Å². The number of H-pyrrole nitrogens is 1. The summed E-state index contributed by atoms with van der Waals surface area (Å²) in [7, 11) is 0. The molecular weight excluding hydrogens is 414 g/mol. The number of amides is 1. The molecule has 0 saturated heterocycles. The highest BCUT2D eigenvalue weighted by Gasteiger charge is 2.30. The fourth-order valence-electron chi connectivity index (χ4n) is 4.31. The summed E-state index contributed by atoms with van der Waals surface area (Å²) in [6.07, 6.45) is 1.42. The van der Waals surface area contributed by atoms with Gasteiger partial charge in [0.15, 0.2) is 6.10 Å². The molecular formula is C27H25N3O3. The van der Waals surface area contributed by atoms with E-state index in [2.05, 4.69) is 9.97 Å². The van der Waals surface area contributed by atoms with Crippen LogP contribution in [0.5, 0.6) is 0 Å². The summed E-state index contributed by atoms with van der Waals surface area (Å²) >= 11 is 0. The Labute approximate surface area is 192 Å². The van der Waals surface area contributed by atoms with Gasteiger partial charge in [-0.25, -0.2) is 9.78 Å². The van der Waals surface area contributed by atoms with Gasteiger partial charge in [-0.2, -0.15) is 0 Å². The van der Waals surface area contributed by atoms with E-state index in [9.17, 15) is 9.59 Å². The van der Waals surface area contributed by atoms with E-state index in [1.807, 2.05) is 61.5 Å². The fraction of sp³-hybridized carbons (Fsp3) is 0.222. The first-order valence-corrected chi connectivity index (χ1v) is 11.3. The molecule has 0 aliphatic carbocycles. The molecule has 1 N–H and O–H groups in total. The summed E-state index contributed by atoms with van der Waals surface area (Å²) in [6, 6.07) is 22.9. The van der Waals surface area contributed by atoms with Crippen LogP contribution in [0, 0.1) is 0 Å². The molecule has 1 unspecified atom stereocenters. The van der Waals surface area contributed by atoms with Crippen molar-refractivity contribution in [3.63, 3.8) is 0 Å². The van der Waals surface area contributed by atoms with Gasteiger partial charge in [0.25, 0.3) is 5.91 Å². The maximum absolute atomic E-state index is 13.3. The number of hydrogen-bond donors (Lipinski definition) is 1. The standard InChI is InChI=1S/C27H25N3O3/c1-2-24(26(31)30-16-8-12-18-9-6-7-13-23(18)30)33-27(32)20-14-15-21-22(17-20)29-25(28-21)19-10-4-3-5-11-19/h3-7,9-11,13-15,17,24H,2,8,12,16H2,1H3,(H,28,29). The SMILES string of the molecule is CCC(OC(=O)c1ccc2nc(-c3ccccc3)[nH]c2c1)C(=O)N1CCCc2ccccc21. The molecule has 0 saturated carbocycles. The molecule has 1 aromatic heterocycles. The molecule has 6 nitrogen and oxygen atoms in total. The number of hydrogen-bond acceptors (Lipinski definition) is 4. The number of aryl methyl sites for hydroxylation is 1. The molecule has 0 radical (unpaired) electrons. The zero-order chi connectivity index (χ0) is 22.8. The second-order valence-corrected chi connectivity index (χ2v) is 8.21. The summed E-state index contributed by atoms with van der Waals surface area (Å²) in [5, 5.41) is 0. The molecule has 1 aliphatic rings. The van der Waals surface area contributed by atoms with E-state index in [1.165, 1.54) is 0 Å². The largest absolute Gasteiger partial charge is 0.449 e. The second kappa shape index (κ2) is 8.90. The Morgan fingerprint density at radius 1 is 1.06 bits per heavy atom. The number of aromatic nitrogens is 2. The van der Waals surface area contributed by atoms with Crippen molar-refractivity contribution in [1.82, 2.24) is 9.97 Å². The van der Waals surface area contributed by atoms with Gasteiger partial charge in [-0.3, -0.25) is 4.79 Å². The fourth-order valence-corrected chi connectivity index (χ4v) is 4.31. The minimum absolute atomic E-state index is 0.174. The molecule has 0 bridgehead atoms. The monoisotopic (exact) mass is 439 g/mol. The zero-order valence-electron chi connectivity index (χ0n) is 18.5. The third kappa shape index (κ3) is 4.12. The minimum Gasteiger partial charge on any atom is -0.449 e. The average Bonchev–Trinajstić information content (AvgIpc) is 3.30. The molecule has 1 atom stereocenters. The number of fused-ring (bicyclic) bond motifs is 2. The summed E-state index contributed by atoms with van der Waals surface area (Å²) < 4.78 is 5.69. The maximum atomic E-state index is 13.3. The Balaban J connectivity index is 1.35. The number of para-hydroxylation sites is 1. The van der Waals surface area contributed by atoms with E-state index in [4.69, 9.17) is 4.74 Å². The van der Waals surface area contributed by atoms with Gasteiger partial charge in [0.05, 0.1) is 16.6 Å². The van der Waals surface area contributed by atoms with Crippen molar-refractivity contribution in [2.45, 2.75) is 32.3 Å². The van der Waals surface area contributed by atoms with Gasteiger partial charge in [0, 0.05) is 17.8 Å². The van der Waals surface area contributed by atoms with Gasteiger partial charge >= 0.3 is 5.97 Å². The Hall–Kier alpha value is -3.93. The van der Waals surface area contributed by atoms with Gasteiger partial charge in [0.2, 0.25) is 0 Å². The van der Waals surface area contributed by atoms with Crippen LogP contribution in [0.4, 0.5) is 5.69 Å². The predicted molar refractivity (Wildman–Crippen MR) is 128 cm³/mol. The summed E-state index contributed by atoms with van der Waals surface area (Å²) in [4.78, 5) is 35.8. The van der Waals surface area contributed by atoms with Crippen molar-refractivity contribution >= 4 is 28.6 Å². The molecule has 1 amide bonds. The highest BCUT2D eigenvalue weighted by molar-refractivity contribution is 6.00. The highest BCUT2D eigenvalue weighted by Crippen LogP contribution is 2.28. The van der Waals surface area contributed by atoms with Gasteiger partial charge in [-0.15, -0.1) is 0 Å². The quantitative estimate of drug-likeness (QED) is 0.437. The van der Waals surface area contributed by atoms with Crippen LogP contribution in [0.3, 0.4) is 0 Å². The van der Waals surface area contributed by atoms with E-state index >= 15 is 0 Å². The van der Waals surface area contributed by atoms with Gasteiger partial charge < -0.3 is 14.6 Å². The van der Waals surface area contributed by atoms with Gasteiger partial charge in [0.1, 0.15) is 5.82 Å². The molecule has 1 aliphatic heterocycles. The first kappa shape index (κ1) is 20.9. The van der Waals surface area contributed by atoms with Crippen molar-refractivity contribution < 1.29 is 14.3 Å². The Morgan fingerprint density at radius 3 is 2.67 bits per heavy atom. The molecule has 6 heteroatoms. The Morgan fingerprint density at radius 2 is 1.85 bits per heavy atom. The Bertz CT molecular complexity index is 1310. The number of nitrogens with one attached hydrogen (secondary N) is 1. The number of ether oxygens (including phenoxy) is 1. The second-order valence-electron chi connectivity index (χ2n) is 8.21. The predicted octanol–water partition coefficient (Wildman–Crippen LogP) is 5.14. The number of anilines is 1. The lowest BCUT2D eigenvalue weighted by Crippen LogP contribution is -2.43. The van der Waals surface area contributed by atoms with E-state index < -0.39 is 12.1 Å². The molecule has 0 fully saturated rings. The third-order valence-corrected chi connectivity index (χ3v) is 6.04. The van der Waals surface area contributed by atoms with Crippen LogP contribution in [-0.4, -0.2) is 34.5 Å². The lowest BCUT2D eigenvalue weighted by molar-refractivity contribution is -0.127. The molecule has 166 valence electrons. The number of esters is 1. The molecule has 5 rings (SSSR count). The van der Waals surface area contributed by atoms with Crippen molar-refractivity contribution in [2.24, 2.45) is 0 Å². The van der Waals surface area contributed by atoms with Gasteiger partial charge in [-0.1, -0.05) is 55.5 Å². The number of aromatic amines is 1. The number of carbonyl (C=O) groups excluding carboxylic acids is 2.